The van der Waals surface area contributed by atoms with Crippen LogP contribution in [-0.2, 0) is 17.8 Å². The minimum atomic E-state index is -0.535. The summed E-state index contributed by atoms with van der Waals surface area (Å²) >= 11 is 1.37. The summed E-state index contributed by atoms with van der Waals surface area (Å²) in [7, 11) is 0. The van der Waals surface area contributed by atoms with Crippen LogP contribution in [0.3, 0.4) is 0 Å². The van der Waals surface area contributed by atoms with Crippen LogP contribution >= 0.6 is 11.5 Å². The number of carbonyl (C=O) groups is 1. The molecule has 1 aromatic heterocycles. The van der Waals surface area contributed by atoms with Crippen molar-refractivity contribution in [2.24, 2.45) is 0 Å². The fourth-order valence-electron chi connectivity index (χ4n) is 1.69. The molecule has 0 atom stereocenters. The number of aromatic nitrogens is 1. The molecule has 0 aliphatic rings. The number of amides is 1. The van der Waals surface area contributed by atoms with Crippen molar-refractivity contribution in [3.8, 4) is 0 Å². The summed E-state index contributed by atoms with van der Waals surface area (Å²) in [5.74, 6) is -0.314. The number of hydrogen-bond donors (Lipinski definition) is 1. The van der Waals surface area contributed by atoms with Gasteiger partial charge in [-0.2, -0.15) is 4.37 Å². The molecule has 0 fully saturated rings. The molecule has 1 aromatic carbocycles. The van der Waals surface area contributed by atoms with Crippen molar-refractivity contribution in [3.05, 3.63) is 46.2 Å². The predicted octanol–water partition coefficient (Wildman–Crippen LogP) is 3.90. The molecule has 4 nitrogen and oxygen atoms in total. The zero-order valence-electron chi connectivity index (χ0n) is 11.3. The minimum absolute atomic E-state index is 0.101. The highest BCUT2D eigenvalue weighted by atomic mass is 32.1. The van der Waals surface area contributed by atoms with E-state index < -0.39 is 6.09 Å². The van der Waals surface area contributed by atoms with Gasteiger partial charge < -0.3 is 4.74 Å². The molecule has 20 heavy (non-hydrogen) atoms. The van der Waals surface area contributed by atoms with E-state index >= 15 is 0 Å². The number of benzene rings is 1. The highest BCUT2D eigenvalue weighted by Crippen LogP contribution is 2.24. The molecule has 0 radical (unpaired) electrons. The monoisotopic (exact) mass is 294 g/mol. The second kappa shape index (κ2) is 6.47. The van der Waals surface area contributed by atoms with Gasteiger partial charge in [0, 0.05) is 4.88 Å². The summed E-state index contributed by atoms with van der Waals surface area (Å²) in [6.45, 7) is 3.94. The van der Waals surface area contributed by atoms with Crippen molar-refractivity contribution in [2.45, 2.75) is 26.9 Å². The molecule has 0 saturated carbocycles. The van der Waals surface area contributed by atoms with Crippen molar-refractivity contribution in [1.82, 2.24) is 4.37 Å². The molecule has 1 heterocycles. The van der Waals surface area contributed by atoms with Crippen molar-refractivity contribution in [2.75, 3.05) is 5.32 Å². The van der Waals surface area contributed by atoms with Crippen LogP contribution in [0.5, 0.6) is 0 Å². The summed E-state index contributed by atoms with van der Waals surface area (Å²) in [4.78, 5) is 12.8. The molecule has 2 aromatic rings. The molecule has 0 unspecified atom stereocenters. The molecule has 6 heteroatoms. The zero-order valence-corrected chi connectivity index (χ0v) is 12.1. The van der Waals surface area contributed by atoms with Gasteiger partial charge in [0.05, 0.1) is 11.4 Å². The number of nitrogens with one attached hydrogen (secondary N) is 1. The molecule has 106 valence electrons. The third-order valence-corrected chi connectivity index (χ3v) is 3.84. The van der Waals surface area contributed by atoms with E-state index in [1.54, 1.807) is 12.1 Å². The van der Waals surface area contributed by atoms with Gasteiger partial charge in [0.2, 0.25) is 0 Å². The van der Waals surface area contributed by atoms with Crippen LogP contribution in [0.1, 0.15) is 23.1 Å². The lowest BCUT2D eigenvalue weighted by molar-refractivity contribution is 0.155. The highest BCUT2D eigenvalue weighted by Gasteiger charge is 2.13. The Kier molecular flexibility index (Phi) is 4.68. The molecule has 0 aliphatic heterocycles. The van der Waals surface area contributed by atoms with Gasteiger partial charge in [-0.25, -0.2) is 9.18 Å². The van der Waals surface area contributed by atoms with E-state index in [-0.39, 0.29) is 12.4 Å². The Balaban J connectivity index is 1.92. The van der Waals surface area contributed by atoms with Gasteiger partial charge in [0.25, 0.3) is 0 Å². The lowest BCUT2D eigenvalue weighted by Crippen LogP contribution is -2.14. The van der Waals surface area contributed by atoms with Crippen LogP contribution in [0.15, 0.2) is 24.3 Å². The summed E-state index contributed by atoms with van der Waals surface area (Å²) in [5.41, 5.74) is 2.24. The molecule has 0 bridgehead atoms. The van der Waals surface area contributed by atoms with Gasteiger partial charge in [0.1, 0.15) is 12.4 Å². The van der Waals surface area contributed by atoms with Crippen molar-refractivity contribution < 1.29 is 13.9 Å². The molecule has 0 aliphatic carbocycles. The average molecular weight is 294 g/mol. The van der Waals surface area contributed by atoms with Crippen LogP contribution < -0.4 is 5.32 Å². The maximum atomic E-state index is 12.7. The van der Waals surface area contributed by atoms with Crippen LogP contribution in [0.2, 0.25) is 0 Å². The normalized spacial score (nSPS) is 10.3. The lowest BCUT2D eigenvalue weighted by atomic mass is 10.2. The van der Waals surface area contributed by atoms with E-state index in [0.717, 1.165) is 28.2 Å². The second-order valence-electron chi connectivity index (χ2n) is 4.25. The number of rotatable bonds is 4. The first kappa shape index (κ1) is 14.5. The van der Waals surface area contributed by atoms with Crippen molar-refractivity contribution >= 4 is 23.3 Å². The number of halogens is 1. The molecule has 1 N–H and O–H groups in total. The van der Waals surface area contributed by atoms with E-state index in [1.165, 1.54) is 23.7 Å². The van der Waals surface area contributed by atoms with Crippen LogP contribution in [0.25, 0.3) is 0 Å². The highest BCUT2D eigenvalue weighted by molar-refractivity contribution is 7.06. The topological polar surface area (TPSA) is 51.2 Å². The number of hydrogen-bond acceptors (Lipinski definition) is 4. The Hall–Kier alpha value is -1.95. The van der Waals surface area contributed by atoms with E-state index in [0.29, 0.717) is 0 Å². The molecular formula is C14H15FN2O2S. The minimum Gasteiger partial charge on any atom is -0.444 e. The number of nitrogens with zero attached hydrogens (tertiary/aromatic N) is 1. The number of ether oxygens (including phenoxy) is 1. The van der Waals surface area contributed by atoms with Gasteiger partial charge in [0.15, 0.2) is 0 Å². The second-order valence-corrected chi connectivity index (χ2v) is 5.11. The van der Waals surface area contributed by atoms with Gasteiger partial charge in [-0.05, 0) is 42.6 Å². The van der Waals surface area contributed by atoms with Gasteiger partial charge in [-0.1, -0.05) is 19.1 Å². The Morgan fingerprint density at radius 3 is 2.75 bits per heavy atom. The standard InChI is InChI=1S/C14H15FN2O2S/c1-3-12-13(9(2)17-20-12)16-14(18)19-8-10-4-6-11(15)7-5-10/h4-7H,3,8H2,1-2H3,(H,16,18). The van der Waals surface area contributed by atoms with E-state index in [1.807, 2.05) is 13.8 Å². The van der Waals surface area contributed by atoms with Gasteiger partial charge in [-0.15, -0.1) is 0 Å². The smallest absolute Gasteiger partial charge is 0.412 e. The van der Waals surface area contributed by atoms with Crippen LogP contribution in [0, 0.1) is 12.7 Å². The lowest BCUT2D eigenvalue weighted by Gasteiger charge is -2.07. The summed E-state index contributed by atoms with van der Waals surface area (Å²) in [5, 5.41) is 2.70. The summed E-state index contributed by atoms with van der Waals surface area (Å²) in [6, 6.07) is 5.83. The molecule has 2 rings (SSSR count). The quantitative estimate of drug-likeness (QED) is 0.930. The first-order valence-corrected chi connectivity index (χ1v) is 7.01. The fourth-order valence-corrected chi connectivity index (χ4v) is 2.44. The Morgan fingerprint density at radius 1 is 1.40 bits per heavy atom. The van der Waals surface area contributed by atoms with Gasteiger partial charge >= 0.3 is 6.09 Å². The van der Waals surface area contributed by atoms with E-state index in [4.69, 9.17) is 4.74 Å². The van der Waals surface area contributed by atoms with Gasteiger partial charge in [-0.3, -0.25) is 5.32 Å². The first-order chi connectivity index (χ1) is 9.60. The first-order valence-electron chi connectivity index (χ1n) is 6.23. The SMILES string of the molecule is CCc1snc(C)c1NC(=O)OCc1ccc(F)cc1. The van der Waals surface area contributed by atoms with E-state index in [9.17, 15) is 9.18 Å². The predicted molar refractivity (Wildman–Crippen MR) is 76.4 cm³/mol. The average Bonchev–Trinajstić information content (AvgIpc) is 2.79. The number of anilines is 1. The maximum Gasteiger partial charge on any atom is 0.412 e. The van der Waals surface area contributed by atoms with Crippen LogP contribution in [-0.4, -0.2) is 10.5 Å². The van der Waals surface area contributed by atoms with Crippen molar-refractivity contribution in [1.29, 1.82) is 0 Å². The molecule has 0 saturated heterocycles. The Bertz CT molecular complexity index is 596. The Morgan fingerprint density at radius 2 is 2.10 bits per heavy atom. The maximum absolute atomic E-state index is 12.7. The van der Waals surface area contributed by atoms with Crippen LogP contribution in [0.4, 0.5) is 14.9 Å². The summed E-state index contributed by atoms with van der Waals surface area (Å²) < 4.78 is 22.0. The largest absolute Gasteiger partial charge is 0.444 e. The third-order valence-electron chi connectivity index (χ3n) is 2.76. The zero-order chi connectivity index (χ0) is 14.5. The molecule has 0 spiro atoms. The number of aryl methyl sites for hydroxylation is 2. The molecular weight excluding hydrogens is 279 g/mol. The third kappa shape index (κ3) is 3.54. The van der Waals surface area contributed by atoms with E-state index in [2.05, 4.69) is 9.69 Å². The summed E-state index contributed by atoms with van der Waals surface area (Å²) in [6.07, 6.45) is 0.270. The molecule has 1 amide bonds. The fraction of sp³-hybridized carbons (Fsp3) is 0.286. The van der Waals surface area contributed by atoms with Crippen molar-refractivity contribution in [3.63, 3.8) is 0 Å². The number of carbonyl (C=O) groups excluding carboxylic acids is 1. The Labute approximate surface area is 120 Å².